The molecule has 0 fully saturated rings. The summed E-state index contributed by atoms with van der Waals surface area (Å²) in [4.78, 5) is 7.48. The van der Waals surface area contributed by atoms with Crippen LogP contribution >= 0.6 is 22.7 Å². The lowest BCUT2D eigenvalue weighted by Crippen LogP contribution is -2.00. The van der Waals surface area contributed by atoms with Crippen molar-refractivity contribution in [2.45, 2.75) is 27.2 Å². The molecule has 4 aromatic heterocycles. The standard InChI is InChI=1S/C17H17N3S2/c1-4-11-8-14-12(5-6-21-14)17-19-15(16(18)20(11)17)13-7-9(2)22-10(13)3/h5-8H,4,18H2,1-3H3. The van der Waals surface area contributed by atoms with E-state index in [1.807, 2.05) is 0 Å². The summed E-state index contributed by atoms with van der Waals surface area (Å²) in [6.45, 7) is 6.42. The van der Waals surface area contributed by atoms with Gasteiger partial charge in [0.1, 0.15) is 17.2 Å². The molecule has 0 amide bonds. The number of fused-ring (bicyclic) bond motifs is 3. The molecule has 4 rings (SSSR count). The Morgan fingerprint density at radius 1 is 1.27 bits per heavy atom. The van der Waals surface area contributed by atoms with E-state index in [4.69, 9.17) is 10.7 Å². The van der Waals surface area contributed by atoms with Crippen molar-refractivity contribution in [2.75, 3.05) is 5.73 Å². The van der Waals surface area contributed by atoms with Crippen LogP contribution in [0.2, 0.25) is 0 Å². The summed E-state index contributed by atoms with van der Waals surface area (Å²) in [7, 11) is 0. The van der Waals surface area contributed by atoms with Crippen molar-refractivity contribution in [1.82, 2.24) is 9.38 Å². The lowest BCUT2D eigenvalue weighted by molar-refractivity contribution is 0.995. The van der Waals surface area contributed by atoms with Crippen LogP contribution in [0.3, 0.4) is 0 Å². The minimum atomic E-state index is 0.751. The van der Waals surface area contributed by atoms with Gasteiger partial charge in [-0.1, -0.05) is 6.92 Å². The fourth-order valence-corrected chi connectivity index (χ4v) is 4.83. The number of thiophene rings is 2. The zero-order valence-electron chi connectivity index (χ0n) is 12.8. The van der Waals surface area contributed by atoms with Gasteiger partial charge in [0.15, 0.2) is 0 Å². The van der Waals surface area contributed by atoms with Crippen LogP contribution in [0, 0.1) is 13.8 Å². The first kappa shape index (κ1) is 13.8. The first-order valence-electron chi connectivity index (χ1n) is 7.34. The Morgan fingerprint density at radius 3 is 2.77 bits per heavy atom. The number of aryl methyl sites for hydroxylation is 3. The molecule has 3 nitrogen and oxygen atoms in total. The number of aromatic nitrogens is 2. The molecule has 22 heavy (non-hydrogen) atoms. The summed E-state index contributed by atoms with van der Waals surface area (Å²) in [5.74, 6) is 0.751. The van der Waals surface area contributed by atoms with Crippen molar-refractivity contribution in [3.8, 4) is 11.3 Å². The van der Waals surface area contributed by atoms with E-state index in [2.05, 4.69) is 48.8 Å². The monoisotopic (exact) mass is 327 g/mol. The van der Waals surface area contributed by atoms with E-state index in [0.717, 1.165) is 29.1 Å². The summed E-state index contributed by atoms with van der Waals surface area (Å²) >= 11 is 3.55. The fraction of sp³-hybridized carbons (Fsp3) is 0.235. The zero-order chi connectivity index (χ0) is 15.4. The zero-order valence-corrected chi connectivity index (χ0v) is 14.4. The highest BCUT2D eigenvalue weighted by atomic mass is 32.1. The number of rotatable bonds is 2. The van der Waals surface area contributed by atoms with Crippen molar-refractivity contribution in [3.05, 3.63) is 39.0 Å². The smallest absolute Gasteiger partial charge is 0.148 e. The predicted octanol–water partition coefficient (Wildman–Crippen LogP) is 5.04. The van der Waals surface area contributed by atoms with E-state index in [9.17, 15) is 0 Å². The van der Waals surface area contributed by atoms with Gasteiger partial charge in [-0.3, -0.25) is 4.40 Å². The molecule has 0 atom stereocenters. The first-order valence-corrected chi connectivity index (χ1v) is 9.04. The predicted molar refractivity (Wildman–Crippen MR) is 97.2 cm³/mol. The molecular formula is C17H17N3S2. The third-order valence-electron chi connectivity index (χ3n) is 4.09. The minimum Gasteiger partial charge on any atom is -0.383 e. The van der Waals surface area contributed by atoms with E-state index in [0.29, 0.717) is 0 Å². The van der Waals surface area contributed by atoms with E-state index >= 15 is 0 Å². The molecule has 0 radical (unpaired) electrons. The second kappa shape index (κ2) is 4.83. The molecule has 2 N–H and O–H groups in total. The Kier molecular flexibility index (Phi) is 3.03. The minimum absolute atomic E-state index is 0.751. The van der Waals surface area contributed by atoms with Crippen LogP contribution in [0.1, 0.15) is 22.4 Å². The van der Waals surface area contributed by atoms with Crippen LogP contribution < -0.4 is 5.73 Å². The molecule has 0 aliphatic carbocycles. The quantitative estimate of drug-likeness (QED) is 0.560. The van der Waals surface area contributed by atoms with Crippen LogP contribution in [-0.4, -0.2) is 9.38 Å². The number of imidazole rings is 1. The second-order valence-corrected chi connectivity index (χ2v) is 7.93. The highest BCUT2D eigenvalue weighted by Gasteiger charge is 2.19. The lowest BCUT2D eigenvalue weighted by atomic mass is 10.2. The van der Waals surface area contributed by atoms with Gasteiger partial charge in [-0.25, -0.2) is 4.98 Å². The maximum atomic E-state index is 6.49. The largest absolute Gasteiger partial charge is 0.383 e. The van der Waals surface area contributed by atoms with Gasteiger partial charge in [0.2, 0.25) is 0 Å². The van der Waals surface area contributed by atoms with Gasteiger partial charge in [0, 0.05) is 31.1 Å². The van der Waals surface area contributed by atoms with Crippen LogP contribution in [-0.2, 0) is 6.42 Å². The highest BCUT2D eigenvalue weighted by molar-refractivity contribution is 7.17. The van der Waals surface area contributed by atoms with E-state index < -0.39 is 0 Å². The van der Waals surface area contributed by atoms with Crippen molar-refractivity contribution < 1.29 is 0 Å². The normalized spacial score (nSPS) is 11.8. The van der Waals surface area contributed by atoms with Crippen LogP contribution in [0.15, 0.2) is 23.6 Å². The first-order chi connectivity index (χ1) is 10.6. The third-order valence-corrected chi connectivity index (χ3v) is 5.92. The lowest BCUT2D eigenvalue weighted by Gasteiger charge is -2.06. The number of pyridine rings is 1. The van der Waals surface area contributed by atoms with E-state index in [-0.39, 0.29) is 0 Å². The van der Waals surface area contributed by atoms with E-state index in [1.165, 1.54) is 25.5 Å². The maximum Gasteiger partial charge on any atom is 0.148 e. The van der Waals surface area contributed by atoms with Gasteiger partial charge in [-0.05, 0) is 43.8 Å². The van der Waals surface area contributed by atoms with Crippen molar-refractivity contribution in [2.24, 2.45) is 0 Å². The Balaban J connectivity index is 2.14. The second-order valence-electron chi connectivity index (χ2n) is 5.52. The molecule has 0 saturated carbocycles. The van der Waals surface area contributed by atoms with Gasteiger partial charge in [-0.15, -0.1) is 22.7 Å². The topological polar surface area (TPSA) is 43.3 Å². The summed E-state index contributed by atoms with van der Waals surface area (Å²) in [6.07, 6.45) is 0.936. The van der Waals surface area contributed by atoms with Gasteiger partial charge in [0.25, 0.3) is 0 Å². The number of hydrogen-bond donors (Lipinski definition) is 1. The molecule has 4 heterocycles. The molecule has 0 spiro atoms. The Hall–Kier alpha value is -1.85. The average Bonchev–Trinajstić information content (AvgIpc) is 3.16. The molecule has 0 saturated heterocycles. The number of nitrogens with zero attached hydrogens (tertiary/aromatic N) is 2. The maximum absolute atomic E-state index is 6.49. The molecule has 0 aromatic carbocycles. The van der Waals surface area contributed by atoms with Gasteiger partial charge in [0.05, 0.1) is 0 Å². The number of hydrogen-bond acceptors (Lipinski definition) is 4. The molecule has 0 aliphatic rings. The molecule has 4 aromatic rings. The van der Waals surface area contributed by atoms with Crippen molar-refractivity contribution in [3.63, 3.8) is 0 Å². The molecule has 0 bridgehead atoms. The van der Waals surface area contributed by atoms with Gasteiger partial charge >= 0.3 is 0 Å². The summed E-state index contributed by atoms with van der Waals surface area (Å²) in [5.41, 5.74) is 10.8. The third kappa shape index (κ3) is 1.82. The van der Waals surface area contributed by atoms with Crippen LogP contribution in [0.25, 0.3) is 27.0 Å². The molecule has 0 unspecified atom stereocenters. The van der Waals surface area contributed by atoms with Gasteiger partial charge < -0.3 is 5.73 Å². The summed E-state index contributed by atoms with van der Waals surface area (Å²) in [6, 6.07) is 6.56. The van der Waals surface area contributed by atoms with Crippen LogP contribution in [0.4, 0.5) is 5.82 Å². The number of nitrogen functional groups attached to an aromatic ring is 1. The van der Waals surface area contributed by atoms with Gasteiger partial charge in [-0.2, -0.15) is 0 Å². The molecular weight excluding hydrogens is 310 g/mol. The highest BCUT2D eigenvalue weighted by Crippen LogP contribution is 2.37. The van der Waals surface area contributed by atoms with Crippen LogP contribution in [0.5, 0.6) is 0 Å². The number of nitrogens with two attached hydrogens (primary N) is 1. The summed E-state index contributed by atoms with van der Waals surface area (Å²) < 4.78 is 3.40. The Bertz CT molecular complexity index is 1000. The molecule has 112 valence electrons. The fourth-order valence-electron chi connectivity index (χ4n) is 3.06. The molecule has 5 heteroatoms. The summed E-state index contributed by atoms with van der Waals surface area (Å²) in [5, 5.41) is 3.30. The SMILES string of the molecule is CCc1cc2sccc2c2nc(-c3cc(C)sc3C)c(N)n12. The average molecular weight is 327 g/mol. The number of anilines is 1. The van der Waals surface area contributed by atoms with E-state index in [1.54, 1.807) is 22.7 Å². The Morgan fingerprint density at radius 2 is 2.09 bits per heavy atom. The van der Waals surface area contributed by atoms with Crippen molar-refractivity contribution >= 4 is 44.2 Å². The van der Waals surface area contributed by atoms with Crippen molar-refractivity contribution in [1.29, 1.82) is 0 Å². The molecule has 0 aliphatic heterocycles. The Labute approximate surface area is 137 Å².